The number of aromatic nitrogens is 2. The lowest BCUT2D eigenvalue weighted by Gasteiger charge is -2.40. The fourth-order valence-electron chi connectivity index (χ4n) is 7.45. The van der Waals surface area contributed by atoms with E-state index in [1.54, 1.807) is 17.2 Å². The van der Waals surface area contributed by atoms with Crippen molar-refractivity contribution in [1.82, 2.24) is 19.8 Å². The lowest BCUT2D eigenvalue weighted by Crippen LogP contribution is -2.52. The molecule has 0 aliphatic carbocycles. The molecule has 0 bridgehead atoms. The molecule has 2 fully saturated rings. The number of fused-ring (bicyclic) bond motifs is 4. The number of nitrogens with two attached hydrogens (primary N) is 1. The van der Waals surface area contributed by atoms with Gasteiger partial charge in [0.25, 0.3) is 11.6 Å². The number of carbonyl (C=O) groups excluding carboxylic acids is 1. The van der Waals surface area contributed by atoms with Gasteiger partial charge in [-0.2, -0.15) is 4.98 Å². The lowest BCUT2D eigenvalue weighted by atomic mass is 10.0. The number of nitro benzene ring substituents is 1. The highest BCUT2D eigenvalue weighted by Crippen LogP contribution is 2.48. The van der Waals surface area contributed by atoms with E-state index >= 15 is 0 Å². The summed E-state index contributed by atoms with van der Waals surface area (Å²) < 4.78 is 47.5. The van der Waals surface area contributed by atoms with Crippen molar-refractivity contribution in [1.29, 1.82) is 0 Å². The summed E-state index contributed by atoms with van der Waals surface area (Å²) in [4.78, 5) is 38.3. The second-order valence-corrected chi connectivity index (χ2v) is 15.5. The average molecular weight is 719 g/mol. The van der Waals surface area contributed by atoms with E-state index in [9.17, 15) is 23.3 Å². The molecule has 2 saturated heterocycles. The van der Waals surface area contributed by atoms with Crippen LogP contribution in [-0.2, 0) is 14.6 Å². The van der Waals surface area contributed by atoms with E-state index in [1.165, 1.54) is 24.3 Å². The minimum absolute atomic E-state index is 0.00350. The lowest BCUT2D eigenvalue weighted by molar-refractivity contribution is -0.384. The molecule has 4 N–H and O–H groups in total. The molecule has 16 nitrogen and oxygen atoms in total. The molecule has 0 saturated carbocycles. The number of benzene rings is 2. The maximum absolute atomic E-state index is 14.7. The molecule has 2 aromatic carbocycles. The number of anilines is 3. The van der Waals surface area contributed by atoms with Crippen molar-refractivity contribution in [2.75, 3.05) is 62.8 Å². The maximum Gasteiger partial charge on any atom is 0.297 e. The van der Waals surface area contributed by atoms with Crippen LogP contribution in [0.4, 0.5) is 22.7 Å². The van der Waals surface area contributed by atoms with Crippen molar-refractivity contribution in [3.63, 3.8) is 0 Å². The van der Waals surface area contributed by atoms with Crippen molar-refractivity contribution in [2.24, 2.45) is 5.73 Å². The van der Waals surface area contributed by atoms with Crippen LogP contribution >= 0.6 is 0 Å². The number of ether oxygens (including phenoxy) is 3. The summed E-state index contributed by atoms with van der Waals surface area (Å²) in [5, 5.41) is 16.5. The van der Waals surface area contributed by atoms with Crippen molar-refractivity contribution >= 4 is 49.5 Å². The summed E-state index contributed by atoms with van der Waals surface area (Å²) >= 11 is 0. The predicted molar refractivity (Wildman–Crippen MR) is 187 cm³/mol. The van der Waals surface area contributed by atoms with Crippen LogP contribution in [0.3, 0.4) is 0 Å². The van der Waals surface area contributed by atoms with E-state index < -0.39 is 38.5 Å². The summed E-state index contributed by atoms with van der Waals surface area (Å²) in [5.74, 6) is -0.585. The standard InChI is InChI=1S/C34H38N8O8S/c1-19(2)40-10-8-39(9-11-40)15-21-16-49-27-14-22(13-24(42(44)45)30(27)37-21)51(46,47)29-5-3-4-23(32(35)43)31(29)41-25-12-20-6-7-36-33(20)38-34(25)50-28-18-48-17-26(28)41/h3-7,12-14,19,21,26,28,37H,8-11,15-18H2,1-2H3,(H2,35,43)(H,36,38)/t21-,26+,28+/m0/s1. The topological polar surface area (TPSA) is 198 Å². The molecule has 0 spiro atoms. The van der Waals surface area contributed by atoms with Gasteiger partial charge in [-0.25, -0.2) is 8.42 Å². The zero-order valence-corrected chi connectivity index (χ0v) is 28.9. The fourth-order valence-corrected chi connectivity index (χ4v) is 8.96. The second kappa shape index (κ2) is 12.7. The van der Waals surface area contributed by atoms with E-state index in [0.29, 0.717) is 23.9 Å². The molecule has 6 heterocycles. The molecule has 2 aromatic heterocycles. The molecule has 51 heavy (non-hydrogen) atoms. The van der Waals surface area contributed by atoms with E-state index in [1.807, 2.05) is 6.07 Å². The number of nitrogens with one attached hydrogen (secondary N) is 2. The van der Waals surface area contributed by atoms with Crippen LogP contribution < -0.4 is 25.4 Å². The first-order valence-corrected chi connectivity index (χ1v) is 18.4. The molecular formula is C34H38N8O8S. The average Bonchev–Trinajstić information content (AvgIpc) is 3.78. The SMILES string of the molecule is CC(C)N1CCN(C[C@H]2COc3cc(S(=O)(=O)c4cccc(C(N)=O)c4N4c5cc6cc[nH]c6nc5O[C@@H]5COC[C@H]54)cc([N+](=O)[O-])c3N2)CC1. The van der Waals surface area contributed by atoms with Gasteiger partial charge in [-0.05, 0) is 38.1 Å². The van der Waals surface area contributed by atoms with Gasteiger partial charge in [0.1, 0.15) is 24.0 Å². The first-order valence-electron chi connectivity index (χ1n) is 16.9. The Bertz CT molecular complexity index is 2150. The minimum Gasteiger partial charge on any atom is -0.489 e. The van der Waals surface area contributed by atoms with Crippen LogP contribution in [-0.4, -0.2) is 116 Å². The van der Waals surface area contributed by atoms with Gasteiger partial charge in [0.05, 0.1) is 51.3 Å². The molecular weight excluding hydrogens is 680 g/mol. The number of H-pyrrole nitrogens is 1. The minimum atomic E-state index is -4.56. The number of nitrogens with zero attached hydrogens (tertiary/aromatic N) is 5. The van der Waals surface area contributed by atoms with Crippen molar-refractivity contribution < 1.29 is 32.3 Å². The number of hydrogen-bond acceptors (Lipinski definition) is 13. The summed E-state index contributed by atoms with van der Waals surface area (Å²) in [6.45, 7) is 9.11. The van der Waals surface area contributed by atoms with Crippen molar-refractivity contribution in [3.05, 3.63) is 64.3 Å². The Kier molecular flexibility index (Phi) is 8.24. The highest BCUT2D eigenvalue weighted by Gasteiger charge is 2.45. The Morgan fingerprint density at radius 3 is 2.67 bits per heavy atom. The molecule has 4 aliphatic heterocycles. The molecule has 4 aliphatic rings. The van der Waals surface area contributed by atoms with Crippen LogP contribution in [0.5, 0.6) is 11.6 Å². The zero-order chi connectivity index (χ0) is 35.6. The third kappa shape index (κ3) is 5.79. The van der Waals surface area contributed by atoms with Gasteiger partial charge >= 0.3 is 0 Å². The number of primary amides is 1. The number of carbonyl (C=O) groups is 1. The largest absolute Gasteiger partial charge is 0.489 e. The Morgan fingerprint density at radius 1 is 1.12 bits per heavy atom. The van der Waals surface area contributed by atoms with Gasteiger partial charge < -0.3 is 35.1 Å². The van der Waals surface area contributed by atoms with Gasteiger partial charge in [0.15, 0.2) is 11.4 Å². The Hall–Kier alpha value is -4.97. The highest BCUT2D eigenvalue weighted by molar-refractivity contribution is 7.91. The predicted octanol–water partition coefficient (Wildman–Crippen LogP) is 2.90. The van der Waals surface area contributed by atoms with Crippen LogP contribution in [0.15, 0.2) is 58.5 Å². The molecule has 3 atom stereocenters. The smallest absolute Gasteiger partial charge is 0.297 e. The first kappa shape index (κ1) is 33.2. The third-order valence-electron chi connectivity index (χ3n) is 10.1. The van der Waals surface area contributed by atoms with Crippen LogP contribution in [0.1, 0.15) is 24.2 Å². The van der Waals surface area contributed by atoms with Gasteiger partial charge in [-0.3, -0.25) is 24.7 Å². The Labute approximate surface area is 293 Å². The molecule has 0 radical (unpaired) electrons. The molecule has 1 amide bonds. The molecule has 4 aromatic rings. The van der Waals surface area contributed by atoms with Crippen LogP contribution in [0, 0.1) is 10.1 Å². The molecule has 268 valence electrons. The second-order valence-electron chi connectivity index (χ2n) is 13.5. The van der Waals surface area contributed by atoms with E-state index in [2.05, 4.69) is 38.9 Å². The Balaban J connectivity index is 1.19. The number of hydrogen-bond donors (Lipinski definition) is 3. The van der Waals surface area contributed by atoms with E-state index in [4.69, 9.17) is 19.9 Å². The van der Waals surface area contributed by atoms with Gasteiger partial charge in [0, 0.05) is 62.5 Å². The fraction of sp³-hybridized carbons (Fsp3) is 0.412. The van der Waals surface area contributed by atoms with Crippen molar-refractivity contribution in [2.45, 2.75) is 47.9 Å². The number of nitro groups is 1. The van der Waals surface area contributed by atoms with E-state index in [-0.39, 0.29) is 64.2 Å². The van der Waals surface area contributed by atoms with Gasteiger partial charge in [0.2, 0.25) is 15.7 Å². The Morgan fingerprint density at radius 2 is 1.92 bits per heavy atom. The number of aromatic amines is 1. The number of rotatable bonds is 8. The maximum atomic E-state index is 14.7. The summed E-state index contributed by atoms with van der Waals surface area (Å²) in [6, 6.07) is 9.84. The first-order chi connectivity index (χ1) is 24.5. The third-order valence-corrected chi connectivity index (χ3v) is 11.9. The zero-order valence-electron chi connectivity index (χ0n) is 28.1. The van der Waals surface area contributed by atoms with Crippen molar-refractivity contribution in [3.8, 4) is 11.6 Å². The molecule has 8 rings (SSSR count). The molecule has 0 unspecified atom stereocenters. The van der Waals surface area contributed by atoms with Crippen LogP contribution in [0.2, 0.25) is 0 Å². The van der Waals surface area contributed by atoms with Gasteiger partial charge in [-0.1, -0.05) is 6.07 Å². The number of para-hydroxylation sites is 1. The van der Waals surface area contributed by atoms with Crippen LogP contribution in [0.25, 0.3) is 11.0 Å². The molecule has 17 heteroatoms. The highest BCUT2D eigenvalue weighted by atomic mass is 32.2. The van der Waals surface area contributed by atoms with Gasteiger partial charge in [-0.15, -0.1) is 0 Å². The number of sulfone groups is 1. The normalized spacial score (nSPS) is 22.1. The number of pyridine rings is 1. The van der Waals surface area contributed by atoms with E-state index in [0.717, 1.165) is 37.6 Å². The monoisotopic (exact) mass is 718 g/mol. The summed E-state index contributed by atoms with van der Waals surface area (Å²) in [7, 11) is -4.56. The number of piperazine rings is 1. The quantitative estimate of drug-likeness (QED) is 0.178. The summed E-state index contributed by atoms with van der Waals surface area (Å²) in [6.07, 6.45) is 1.19. The number of amides is 1. The summed E-state index contributed by atoms with van der Waals surface area (Å²) in [5.41, 5.74) is 6.50.